The average molecular weight is 318 g/mol. The van der Waals surface area contributed by atoms with Crippen molar-refractivity contribution in [1.82, 2.24) is 0 Å². The van der Waals surface area contributed by atoms with Gasteiger partial charge in [-0.05, 0) is 18.2 Å². The smallest absolute Gasteiger partial charge is 0.223 e. The number of ketones is 1. The Hall–Kier alpha value is -2.35. The van der Waals surface area contributed by atoms with E-state index in [2.05, 4.69) is 10.5 Å². The van der Waals surface area contributed by atoms with Gasteiger partial charge in [0.2, 0.25) is 11.5 Å². The lowest BCUT2D eigenvalue weighted by atomic mass is 10.1. The standard InChI is InChI=1S/C15H9Cl2N3O/c16-12-7-6-11(8-13(12)17)19-20-14(9-18)15(21)10-4-2-1-3-5-10/h1-8,19H/b20-14+. The molecule has 0 aliphatic heterocycles. The number of Topliss-reactive ketones (excluding diaryl/α,β-unsaturated/α-hetero) is 1. The lowest BCUT2D eigenvalue weighted by Crippen LogP contribution is -2.14. The van der Waals surface area contributed by atoms with Gasteiger partial charge in [0, 0.05) is 5.56 Å². The van der Waals surface area contributed by atoms with Crippen LogP contribution in [0.25, 0.3) is 0 Å². The predicted octanol–water partition coefficient (Wildman–Crippen LogP) is 4.17. The molecular formula is C15H9Cl2N3O. The molecule has 0 fully saturated rings. The third-order valence-electron chi connectivity index (χ3n) is 2.57. The largest absolute Gasteiger partial charge is 0.286 e. The molecule has 2 aromatic carbocycles. The van der Waals surface area contributed by atoms with E-state index in [1.54, 1.807) is 54.6 Å². The molecule has 21 heavy (non-hydrogen) atoms. The molecule has 0 amide bonds. The maximum absolute atomic E-state index is 12.1. The third-order valence-corrected chi connectivity index (χ3v) is 3.31. The van der Waals surface area contributed by atoms with Gasteiger partial charge in [0.25, 0.3) is 0 Å². The molecule has 0 radical (unpaired) electrons. The SMILES string of the molecule is N#C/C(=N\Nc1ccc(Cl)c(Cl)c1)C(=O)c1ccccc1. The van der Waals surface area contributed by atoms with E-state index in [4.69, 9.17) is 28.5 Å². The Balaban J connectivity index is 2.20. The lowest BCUT2D eigenvalue weighted by molar-refractivity contribution is 0.106. The molecule has 0 saturated carbocycles. The van der Waals surface area contributed by atoms with Crippen molar-refractivity contribution in [3.63, 3.8) is 0 Å². The number of rotatable bonds is 4. The molecule has 2 aromatic rings. The van der Waals surface area contributed by atoms with Crippen LogP contribution in [0.5, 0.6) is 0 Å². The van der Waals surface area contributed by atoms with Crippen LogP contribution >= 0.6 is 23.2 Å². The molecule has 0 heterocycles. The highest BCUT2D eigenvalue weighted by Gasteiger charge is 2.13. The fourth-order valence-electron chi connectivity index (χ4n) is 1.54. The summed E-state index contributed by atoms with van der Waals surface area (Å²) in [6.07, 6.45) is 0. The number of carbonyl (C=O) groups is 1. The molecule has 0 atom stereocenters. The lowest BCUT2D eigenvalue weighted by Gasteiger charge is -2.03. The summed E-state index contributed by atoms with van der Waals surface area (Å²) in [6.45, 7) is 0. The van der Waals surface area contributed by atoms with Gasteiger partial charge in [-0.1, -0.05) is 53.5 Å². The number of hydrazone groups is 1. The summed E-state index contributed by atoms with van der Waals surface area (Å²) in [5.41, 5.74) is 3.30. The summed E-state index contributed by atoms with van der Waals surface area (Å²) >= 11 is 11.7. The Morgan fingerprint density at radius 2 is 1.81 bits per heavy atom. The van der Waals surface area contributed by atoms with Crippen LogP contribution in [0.3, 0.4) is 0 Å². The molecule has 0 aliphatic rings. The van der Waals surface area contributed by atoms with E-state index in [-0.39, 0.29) is 5.71 Å². The van der Waals surface area contributed by atoms with Gasteiger partial charge in [-0.3, -0.25) is 10.2 Å². The quantitative estimate of drug-likeness (QED) is 0.523. The van der Waals surface area contributed by atoms with Crippen LogP contribution in [-0.4, -0.2) is 11.5 Å². The van der Waals surface area contributed by atoms with E-state index in [9.17, 15) is 4.79 Å². The summed E-state index contributed by atoms with van der Waals surface area (Å²) in [6, 6.07) is 15.0. The summed E-state index contributed by atoms with van der Waals surface area (Å²) in [4.78, 5) is 12.1. The maximum atomic E-state index is 12.1. The molecule has 6 heteroatoms. The van der Waals surface area contributed by atoms with Gasteiger partial charge in [0.1, 0.15) is 6.07 Å². The number of carbonyl (C=O) groups excluding carboxylic acids is 1. The Labute approximate surface area is 131 Å². The molecule has 0 aliphatic carbocycles. The van der Waals surface area contributed by atoms with E-state index < -0.39 is 5.78 Å². The number of hydrogen-bond acceptors (Lipinski definition) is 4. The van der Waals surface area contributed by atoms with Crippen LogP contribution in [0.2, 0.25) is 10.0 Å². The van der Waals surface area contributed by atoms with Crippen molar-refractivity contribution in [1.29, 1.82) is 5.26 Å². The summed E-state index contributed by atoms with van der Waals surface area (Å²) in [7, 11) is 0. The highest BCUT2D eigenvalue weighted by atomic mass is 35.5. The minimum Gasteiger partial charge on any atom is -0.286 e. The molecule has 0 bridgehead atoms. The van der Waals surface area contributed by atoms with Gasteiger partial charge in [-0.2, -0.15) is 10.4 Å². The normalized spacial score (nSPS) is 10.8. The maximum Gasteiger partial charge on any atom is 0.223 e. The first-order valence-electron chi connectivity index (χ1n) is 5.90. The van der Waals surface area contributed by atoms with Crippen molar-refractivity contribution in [2.45, 2.75) is 0 Å². The molecule has 2 rings (SSSR count). The number of anilines is 1. The van der Waals surface area contributed by atoms with Gasteiger partial charge in [0.05, 0.1) is 15.7 Å². The van der Waals surface area contributed by atoms with Crippen molar-refractivity contribution in [3.05, 3.63) is 64.1 Å². The number of nitrogens with one attached hydrogen (secondary N) is 1. The van der Waals surface area contributed by atoms with Gasteiger partial charge < -0.3 is 0 Å². The molecule has 4 nitrogen and oxygen atoms in total. The minimum atomic E-state index is -0.453. The second-order valence-corrected chi connectivity index (χ2v) is 4.82. The van der Waals surface area contributed by atoms with Crippen LogP contribution in [-0.2, 0) is 0 Å². The fourth-order valence-corrected chi connectivity index (χ4v) is 1.84. The highest BCUT2D eigenvalue weighted by Crippen LogP contribution is 2.24. The first kappa shape index (κ1) is 15.0. The van der Waals surface area contributed by atoms with Crippen molar-refractivity contribution in [3.8, 4) is 6.07 Å². The summed E-state index contributed by atoms with van der Waals surface area (Å²) < 4.78 is 0. The highest BCUT2D eigenvalue weighted by molar-refractivity contribution is 6.51. The van der Waals surface area contributed by atoms with E-state index >= 15 is 0 Å². The molecule has 1 N–H and O–H groups in total. The molecule has 0 unspecified atom stereocenters. The molecular weight excluding hydrogens is 309 g/mol. The van der Waals surface area contributed by atoms with Gasteiger partial charge in [0.15, 0.2) is 0 Å². The number of benzene rings is 2. The first-order valence-corrected chi connectivity index (χ1v) is 6.66. The molecule has 0 aromatic heterocycles. The summed E-state index contributed by atoms with van der Waals surface area (Å²) in [5, 5.41) is 13.6. The average Bonchev–Trinajstić information content (AvgIpc) is 2.52. The monoisotopic (exact) mass is 317 g/mol. The minimum absolute atomic E-state index is 0.243. The second kappa shape index (κ2) is 6.89. The Kier molecular flexibility index (Phi) is 4.94. The van der Waals surface area contributed by atoms with Crippen molar-refractivity contribution < 1.29 is 4.79 Å². The van der Waals surface area contributed by atoms with E-state index in [1.165, 1.54) is 0 Å². The van der Waals surface area contributed by atoms with Crippen molar-refractivity contribution >= 4 is 40.4 Å². The van der Waals surface area contributed by atoms with Crippen LogP contribution < -0.4 is 5.43 Å². The Bertz CT molecular complexity index is 736. The molecule has 104 valence electrons. The Morgan fingerprint density at radius 3 is 2.43 bits per heavy atom. The molecule has 0 saturated heterocycles. The molecule has 0 spiro atoms. The zero-order valence-corrected chi connectivity index (χ0v) is 12.2. The van der Waals surface area contributed by atoms with Gasteiger partial charge >= 0.3 is 0 Å². The van der Waals surface area contributed by atoms with E-state index in [0.29, 0.717) is 21.3 Å². The number of nitrogens with zero attached hydrogens (tertiary/aromatic N) is 2. The third kappa shape index (κ3) is 3.82. The van der Waals surface area contributed by atoms with Crippen LogP contribution in [0.1, 0.15) is 10.4 Å². The van der Waals surface area contributed by atoms with Crippen LogP contribution in [0.15, 0.2) is 53.6 Å². The number of hydrogen-bond donors (Lipinski definition) is 1. The second-order valence-electron chi connectivity index (χ2n) is 4.01. The number of halogens is 2. The topological polar surface area (TPSA) is 65.2 Å². The summed E-state index contributed by atoms with van der Waals surface area (Å²) in [5.74, 6) is -0.453. The van der Waals surface area contributed by atoms with Crippen molar-refractivity contribution in [2.24, 2.45) is 5.10 Å². The Morgan fingerprint density at radius 1 is 1.10 bits per heavy atom. The fraction of sp³-hybridized carbons (Fsp3) is 0. The first-order chi connectivity index (χ1) is 10.1. The van der Waals surface area contributed by atoms with Gasteiger partial charge in [-0.25, -0.2) is 0 Å². The van der Waals surface area contributed by atoms with Crippen molar-refractivity contribution in [2.75, 3.05) is 5.43 Å². The van der Waals surface area contributed by atoms with Crippen LogP contribution in [0, 0.1) is 11.3 Å². The number of nitriles is 1. The van der Waals surface area contributed by atoms with Gasteiger partial charge in [-0.15, -0.1) is 0 Å². The predicted molar refractivity (Wildman–Crippen MR) is 83.9 cm³/mol. The zero-order valence-electron chi connectivity index (χ0n) is 10.7. The van der Waals surface area contributed by atoms with Crippen LogP contribution in [0.4, 0.5) is 5.69 Å². The van der Waals surface area contributed by atoms with E-state index in [0.717, 1.165) is 0 Å². The zero-order chi connectivity index (χ0) is 15.2. The van der Waals surface area contributed by atoms with E-state index in [1.807, 2.05) is 0 Å².